The normalized spacial score (nSPS) is 10.8. The molecule has 19 heavy (non-hydrogen) atoms. The minimum atomic E-state index is 0.0734. The van der Waals surface area contributed by atoms with Crippen LogP contribution in [0.2, 0.25) is 0 Å². The molecule has 3 N–H and O–H groups in total. The minimum Gasteiger partial charge on any atom is -0.375 e. The van der Waals surface area contributed by atoms with E-state index in [0.29, 0.717) is 0 Å². The van der Waals surface area contributed by atoms with Gasteiger partial charge in [0, 0.05) is 12.1 Å². The molecule has 0 aliphatic rings. The molecule has 0 unspecified atom stereocenters. The summed E-state index contributed by atoms with van der Waals surface area (Å²) in [6.45, 7) is 0. The van der Waals surface area contributed by atoms with Gasteiger partial charge in [-0.15, -0.1) is 0 Å². The zero-order valence-electron chi connectivity index (χ0n) is 10.4. The highest BCUT2D eigenvalue weighted by atomic mass is 32.1. The fourth-order valence-corrected chi connectivity index (χ4v) is 1.91. The van der Waals surface area contributed by atoms with Gasteiger partial charge < -0.3 is 5.73 Å². The topological polar surface area (TPSA) is 50.4 Å². The third-order valence-corrected chi connectivity index (χ3v) is 2.81. The monoisotopic (exact) mass is 269 g/mol. The van der Waals surface area contributed by atoms with Crippen molar-refractivity contribution in [1.82, 2.24) is 5.43 Å². The number of hydrogen-bond acceptors (Lipinski definition) is 2. The molecule has 2 aromatic carbocycles. The smallest absolute Gasteiger partial charge is 0.184 e. The number of hydrazone groups is 1. The van der Waals surface area contributed by atoms with Crippen LogP contribution in [0, 0.1) is 0 Å². The average Bonchev–Trinajstić information content (AvgIpc) is 2.45. The zero-order chi connectivity index (χ0) is 13.5. The van der Waals surface area contributed by atoms with E-state index in [1.807, 2.05) is 42.6 Å². The van der Waals surface area contributed by atoms with Crippen LogP contribution in [-0.4, -0.2) is 11.3 Å². The fourth-order valence-electron chi connectivity index (χ4n) is 1.86. The van der Waals surface area contributed by atoms with E-state index in [9.17, 15) is 0 Å². The second-order valence-corrected chi connectivity index (χ2v) is 4.49. The highest BCUT2D eigenvalue weighted by Crippen LogP contribution is 2.22. The number of thiocarbonyl (C=S) groups is 1. The number of nitrogens with two attached hydrogens (primary N) is 1. The van der Waals surface area contributed by atoms with Gasteiger partial charge in [0.25, 0.3) is 0 Å². The van der Waals surface area contributed by atoms with Crippen LogP contribution >= 0.6 is 12.2 Å². The van der Waals surface area contributed by atoms with Gasteiger partial charge in [0.15, 0.2) is 5.11 Å². The Hall–Kier alpha value is -2.20. The summed E-state index contributed by atoms with van der Waals surface area (Å²) in [4.78, 5) is 0. The van der Waals surface area contributed by atoms with Gasteiger partial charge in [-0.05, 0) is 23.3 Å². The Kier molecular flexibility index (Phi) is 4.64. The first kappa shape index (κ1) is 13.2. The zero-order valence-corrected chi connectivity index (χ0v) is 11.2. The second-order valence-electron chi connectivity index (χ2n) is 4.05. The molecule has 0 saturated heterocycles. The van der Waals surface area contributed by atoms with E-state index in [1.165, 1.54) is 11.1 Å². The quantitative estimate of drug-likeness (QED) is 0.509. The molecule has 96 valence electrons. The largest absolute Gasteiger partial charge is 0.375 e. The van der Waals surface area contributed by atoms with Gasteiger partial charge in [0.05, 0.1) is 0 Å². The molecule has 0 amide bonds. The Morgan fingerprint density at radius 3 is 1.89 bits per heavy atom. The van der Waals surface area contributed by atoms with E-state index in [-0.39, 0.29) is 11.0 Å². The van der Waals surface area contributed by atoms with E-state index in [4.69, 9.17) is 18.0 Å². The van der Waals surface area contributed by atoms with Crippen LogP contribution in [0.3, 0.4) is 0 Å². The van der Waals surface area contributed by atoms with Crippen molar-refractivity contribution in [2.75, 3.05) is 0 Å². The van der Waals surface area contributed by atoms with Crippen molar-refractivity contribution in [3.05, 3.63) is 71.8 Å². The number of benzene rings is 2. The molecule has 4 heteroatoms. The van der Waals surface area contributed by atoms with Gasteiger partial charge in [-0.1, -0.05) is 60.7 Å². The van der Waals surface area contributed by atoms with E-state index in [1.54, 1.807) is 0 Å². The van der Waals surface area contributed by atoms with Gasteiger partial charge in [0.2, 0.25) is 0 Å². The van der Waals surface area contributed by atoms with Gasteiger partial charge in [-0.25, -0.2) is 0 Å². The Labute approximate surface area is 118 Å². The highest BCUT2D eigenvalue weighted by Gasteiger charge is 2.10. The molecule has 0 aliphatic carbocycles. The van der Waals surface area contributed by atoms with Crippen LogP contribution in [-0.2, 0) is 0 Å². The summed E-state index contributed by atoms with van der Waals surface area (Å²) >= 11 is 4.73. The standard InChI is InChI=1S/C15H15N3S/c16-15(19)18-17-11-14(12-7-3-1-4-8-12)13-9-5-2-6-10-13/h1-11,14H,(H3,16,18,19). The summed E-state index contributed by atoms with van der Waals surface area (Å²) in [5, 5.41) is 4.25. The number of nitrogens with one attached hydrogen (secondary N) is 1. The molecule has 0 aliphatic heterocycles. The highest BCUT2D eigenvalue weighted by molar-refractivity contribution is 7.80. The van der Waals surface area contributed by atoms with E-state index >= 15 is 0 Å². The van der Waals surface area contributed by atoms with Crippen molar-refractivity contribution in [1.29, 1.82) is 0 Å². The van der Waals surface area contributed by atoms with E-state index in [2.05, 4.69) is 34.8 Å². The lowest BCUT2D eigenvalue weighted by Gasteiger charge is -2.13. The molecule has 0 radical (unpaired) electrons. The molecular formula is C15H15N3S. The van der Waals surface area contributed by atoms with Crippen molar-refractivity contribution in [3.8, 4) is 0 Å². The maximum atomic E-state index is 5.36. The van der Waals surface area contributed by atoms with Crippen molar-refractivity contribution in [2.24, 2.45) is 10.8 Å². The molecule has 0 fully saturated rings. The lowest BCUT2D eigenvalue weighted by molar-refractivity contribution is 1.00. The van der Waals surface area contributed by atoms with Gasteiger partial charge in [0.1, 0.15) is 0 Å². The van der Waals surface area contributed by atoms with E-state index in [0.717, 1.165) is 0 Å². The Morgan fingerprint density at radius 2 is 1.47 bits per heavy atom. The van der Waals surface area contributed by atoms with Crippen molar-refractivity contribution in [3.63, 3.8) is 0 Å². The number of hydrogen-bond donors (Lipinski definition) is 2. The van der Waals surface area contributed by atoms with Crippen LogP contribution < -0.4 is 11.2 Å². The van der Waals surface area contributed by atoms with Gasteiger partial charge in [-0.3, -0.25) is 5.43 Å². The first-order valence-corrected chi connectivity index (χ1v) is 6.36. The summed E-state index contributed by atoms with van der Waals surface area (Å²) in [5.41, 5.74) is 10.3. The molecule has 0 saturated carbocycles. The number of rotatable bonds is 4. The second kappa shape index (κ2) is 6.66. The molecule has 0 atom stereocenters. The van der Waals surface area contributed by atoms with Crippen molar-refractivity contribution < 1.29 is 0 Å². The van der Waals surface area contributed by atoms with Crippen LogP contribution in [0.4, 0.5) is 0 Å². The Balaban J connectivity index is 2.29. The third-order valence-electron chi connectivity index (χ3n) is 2.72. The Bertz CT molecular complexity index is 513. The summed E-state index contributed by atoms with van der Waals surface area (Å²) in [7, 11) is 0. The molecule has 3 nitrogen and oxygen atoms in total. The average molecular weight is 269 g/mol. The molecule has 0 aromatic heterocycles. The summed E-state index contributed by atoms with van der Waals surface area (Å²) in [6, 6.07) is 20.3. The molecule has 0 bridgehead atoms. The van der Waals surface area contributed by atoms with Crippen LogP contribution in [0.1, 0.15) is 17.0 Å². The lowest BCUT2D eigenvalue weighted by atomic mass is 9.92. The van der Waals surface area contributed by atoms with Crippen molar-refractivity contribution >= 4 is 23.5 Å². The maximum Gasteiger partial charge on any atom is 0.184 e. The third kappa shape index (κ3) is 3.89. The van der Waals surface area contributed by atoms with Crippen molar-refractivity contribution in [2.45, 2.75) is 5.92 Å². The molecule has 2 rings (SSSR count). The van der Waals surface area contributed by atoms with Crippen LogP contribution in [0.5, 0.6) is 0 Å². The summed E-state index contributed by atoms with van der Waals surface area (Å²) < 4.78 is 0. The fraction of sp³-hybridized carbons (Fsp3) is 0.0667. The Morgan fingerprint density at radius 1 is 1.00 bits per heavy atom. The SMILES string of the molecule is NC(=S)NN=CC(c1ccccc1)c1ccccc1. The predicted octanol–water partition coefficient (Wildman–Crippen LogP) is 2.64. The first-order valence-electron chi connectivity index (χ1n) is 5.96. The minimum absolute atomic E-state index is 0.0734. The maximum absolute atomic E-state index is 5.36. The molecule has 0 spiro atoms. The van der Waals surface area contributed by atoms with Crippen LogP contribution in [0.15, 0.2) is 65.8 Å². The van der Waals surface area contributed by atoms with Crippen LogP contribution in [0.25, 0.3) is 0 Å². The molecule has 0 heterocycles. The van der Waals surface area contributed by atoms with E-state index < -0.39 is 0 Å². The van der Waals surface area contributed by atoms with Gasteiger partial charge in [-0.2, -0.15) is 5.10 Å². The number of nitrogens with zero attached hydrogens (tertiary/aromatic N) is 1. The molecular weight excluding hydrogens is 254 g/mol. The summed E-state index contributed by atoms with van der Waals surface area (Å²) in [6.07, 6.45) is 1.81. The molecule has 2 aromatic rings. The summed E-state index contributed by atoms with van der Waals surface area (Å²) in [5.74, 6) is 0.0734. The van der Waals surface area contributed by atoms with Gasteiger partial charge >= 0.3 is 0 Å². The predicted molar refractivity (Wildman–Crippen MR) is 83.1 cm³/mol. The lowest BCUT2D eigenvalue weighted by Crippen LogP contribution is -2.24. The first-order chi connectivity index (χ1) is 9.27.